The van der Waals surface area contributed by atoms with Crippen molar-refractivity contribution in [3.63, 3.8) is 0 Å². The zero-order chi connectivity index (χ0) is 12.1. The Morgan fingerprint density at radius 1 is 1.00 bits per heavy atom. The molecule has 0 aliphatic rings. The largest absolute Gasteiger partial charge is 0.309 e. The zero-order valence-electron chi connectivity index (χ0n) is 9.16. The summed E-state index contributed by atoms with van der Waals surface area (Å²) in [7, 11) is 0. The number of halogens is 2. The Morgan fingerprint density at radius 3 is 2.53 bits per heavy atom. The quantitative estimate of drug-likeness (QED) is 0.899. The van der Waals surface area contributed by atoms with Gasteiger partial charge < -0.3 is 5.32 Å². The van der Waals surface area contributed by atoms with Gasteiger partial charge >= 0.3 is 0 Å². The number of benzene rings is 1. The highest BCUT2D eigenvalue weighted by atomic mass is 79.9. The molecule has 2 nitrogen and oxygen atoms in total. The Bertz CT molecular complexity index is 486. The van der Waals surface area contributed by atoms with Gasteiger partial charge in [-0.15, -0.1) is 0 Å². The van der Waals surface area contributed by atoms with Gasteiger partial charge in [0.2, 0.25) is 0 Å². The van der Waals surface area contributed by atoms with Crippen LogP contribution in [0.25, 0.3) is 0 Å². The number of rotatable bonds is 4. The molecule has 17 heavy (non-hydrogen) atoms. The van der Waals surface area contributed by atoms with E-state index in [1.165, 1.54) is 11.1 Å². The Labute approximate surface area is 118 Å². The first-order chi connectivity index (χ1) is 8.25. The maximum atomic E-state index is 4.08. The summed E-state index contributed by atoms with van der Waals surface area (Å²) < 4.78 is 2.16. The first-order valence-corrected chi connectivity index (χ1v) is 6.88. The van der Waals surface area contributed by atoms with Gasteiger partial charge in [-0.05, 0) is 61.2 Å². The van der Waals surface area contributed by atoms with E-state index < -0.39 is 0 Å². The molecule has 0 saturated heterocycles. The molecule has 88 valence electrons. The van der Waals surface area contributed by atoms with Crippen LogP contribution in [0.1, 0.15) is 11.1 Å². The van der Waals surface area contributed by atoms with Crippen molar-refractivity contribution in [2.75, 3.05) is 0 Å². The van der Waals surface area contributed by atoms with Gasteiger partial charge in [0.15, 0.2) is 0 Å². The molecule has 0 bridgehead atoms. The Kier molecular flexibility index (Phi) is 4.71. The molecule has 0 aliphatic carbocycles. The van der Waals surface area contributed by atoms with Crippen molar-refractivity contribution in [3.8, 4) is 0 Å². The summed E-state index contributed by atoms with van der Waals surface area (Å²) in [4.78, 5) is 4.08. The lowest BCUT2D eigenvalue weighted by Gasteiger charge is -2.06. The monoisotopic (exact) mass is 354 g/mol. The van der Waals surface area contributed by atoms with E-state index in [2.05, 4.69) is 60.4 Å². The first-order valence-electron chi connectivity index (χ1n) is 5.29. The topological polar surface area (TPSA) is 24.9 Å². The molecule has 4 heteroatoms. The zero-order valence-corrected chi connectivity index (χ0v) is 12.3. The summed E-state index contributed by atoms with van der Waals surface area (Å²) in [5, 5.41) is 3.39. The SMILES string of the molecule is Brc1ccc(CNCc2cccnc2)cc1Br. The highest BCUT2D eigenvalue weighted by Gasteiger charge is 1.98. The van der Waals surface area contributed by atoms with E-state index >= 15 is 0 Å². The number of hydrogen-bond donors (Lipinski definition) is 1. The minimum atomic E-state index is 0.835. The second kappa shape index (κ2) is 6.28. The molecule has 2 aromatic rings. The lowest BCUT2D eigenvalue weighted by molar-refractivity contribution is 0.691. The summed E-state index contributed by atoms with van der Waals surface area (Å²) in [6.45, 7) is 1.68. The summed E-state index contributed by atoms with van der Waals surface area (Å²) >= 11 is 6.96. The van der Waals surface area contributed by atoms with Gasteiger partial charge in [0.05, 0.1) is 0 Å². The predicted octanol–water partition coefficient (Wildman–Crippen LogP) is 3.90. The van der Waals surface area contributed by atoms with Crippen molar-refractivity contribution in [3.05, 3.63) is 62.8 Å². The van der Waals surface area contributed by atoms with Crippen LogP contribution in [0.15, 0.2) is 51.7 Å². The van der Waals surface area contributed by atoms with Crippen LogP contribution in [-0.2, 0) is 13.1 Å². The molecule has 0 unspecified atom stereocenters. The standard InChI is InChI=1S/C13H12Br2N2/c14-12-4-3-10(6-13(12)15)7-17-9-11-2-1-5-16-8-11/h1-6,8,17H,7,9H2. The highest BCUT2D eigenvalue weighted by Crippen LogP contribution is 2.23. The maximum Gasteiger partial charge on any atom is 0.0320 e. The van der Waals surface area contributed by atoms with Crippen molar-refractivity contribution in [2.45, 2.75) is 13.1 Å². The summed E-state index contributed by atoms with van der Waals surface area (Å²) in [5.41, 5.74) is 2.45. The van der Waals surface area contributed by atoms with E-state index in [-0.39, 0.29) is 0 Å². The second-order valence-corrected chi connectivity index (χ2v) is 5.42. The Morgan fingerprint density at radius 2 is 1.82 bits per heavy atom. The molecule has 0 radical (unpaired) electrons. The lowest BCUT2D eigenvalue weighted by atomic mass is 10.2. The van der Waals surface area contributed by atoms with E-state index in [0.29, 0.717) is 0 Å². The summed E-state index contributed by atoms with van der Waals surface area (Å²) in [6, 6.07) is 10.3. The molecule has 0 fully saturated rings. The van der Waals surface area contributed by atoms with Crippen LogP contribution in [0.5, 0.6) is 0 Å². The van der Waals surface area contributed by atoms with Crippen LogP contribution in [0, 0.1) is 0 Å². The van der Waals surface area contributed by atoms with Gasteiger partial charge in [-0.25, -0.2) is 0 Å². The van der Waals surface area contributed by atoms with E-state index in [1.54, 1.807) is 6.20 Å². The summed E-state index contributed by atoms with van der Waals surface area (Å²) in [5.74, 6) is 0. The fourth-order valence-electron chi connectivity index (χ4n) is 1.50. The number of hydrogen-bond acceptors (Lipinski definition) is 2. The Balaban J connectivity index is 1.88. The van der Waals surface area contributed by atoms with Gasteiger partial charge in [-0.2, -0.15) is 0 Å². The van der Waals surface area contributed by atoms with E-state index in [4.69, 9.17) is 0 Å². The third-order valence-corrected chi connectivity index (χ3v) is 4.24. The van der Waals surface area contributed by atoms with E-state index in [1.807, 2.05) is 18.3 Å². The van der Waals surface area contributed by atoms with Gasteiger partial charge in [-0.1, -0.05) is 12.1 Å². The molecular formula is C13H12Br2N2. The van der Waals surface area contributed by atoms with E-state index in [9.17, 15) is 0 Å². The van der Waals surface area contributed by atoms with Crippen LogP contribution in [0.2, 0.25) is 0 Å². The lowest BCUT2D eigenvalue weighted by Crippen LogP contribution is -2.12. The average Bonchev–Trinajstić information content (AvgIpc) is 2.35. The predicted molar refractivity (Wildman–Crippen MR) is 76.6 cm³/mol. The fraction of sp³-hybridized carbons (Fsp3) is 0.154. The number of pyridine rings is 1. The average molecular weight is 356 g/mol. The molecular weight excluding hydrogens is 344 g/mol. The third-order valence-electron chi connectivity index (χ3n) is 2.37. The molecule has 1 heterocycles. The molecule has 1 N–H and O–H groups in total. The van der Waals surface area contributed by atoms with E-state index in [0.717, 1.165) is 22.0 Å². The molecule has 1 aromatic heterocycles. The molecule has 1 aromatic carbocycles. The summed E-state index contributed by atoms with van der Waals surface area (Å²) in [6.07, 6.45) is 3.67. The minimum absolute atomic E-state index is 0.835. The van der Waals surface area contributed by atoms with Crippen molar-refractivity contribution < 1.29 is 0 Å². The fourth-order valence-corrected chi connectivity index (χ4v) is 2.18. The van der Waals surface area contributed by atoms with Gasteiger partial charge in [0, 0.05) is 34.4 Å². The number of nitrogens with zero attached hydrogens (tertiary/aromatic N) is 1. The maximum absolute atomic E-state index is 4.08. The molecule has 0 saturated carbocycles. The van der Waals surface area contributed by atoms with Crippen LogP contribution < -0.4 is 5.32 Å². The van der Waals surface area contributed by atoms with Crippen molar-refractivity contribution in [1.29, 1.82) is 0 Å². The number of nitrogens with one attached hydrogen (secondary N) is 1. The number of aromatic nitrogens is 1. The third kappa shape index (κ3) is 3.91. The van der Waals surface area contributed by atoms with Crippen LogP contribution in [0.4, 0.5) is 0 Å². The van der Waals surface area contributed by atoms with Crippen molar-refractivity contribution >= 4 is 31.9 Å². The van der Waals surface area contributed by atoms with Crippen molar-refractivity contribution in [1.82, 2.24) is 10.3 Å². The van der Waals surface area contributed by atoms with Crippen LogP contribution >= 0.6 is 31.9 Å². The van der Waals surface area contributed by atoms with Crippen molar-refractivity contribution in [2.24, 2.45) is 0 Å². The normalized spacial score (nSPS) is 10.5. The highest BCUT2D eigenvalue weighted by molar-refractivity contribution is 9.13. The van der Waals surface area contributed by atoms with Crippen LogP contribution in [0.3, 0.4) is 0 Å². The molecule has 0 aliphatic heterocycles. The smallest absolute Gasteiger partial charge is 0.0320 e. The molecule has 2 rings (SSSR count). The second-order valence-electron chi connectivity index (χ2n) is 3.71. The molecule has 0 spiro atoms. The van der Waals surface area contributed by atoms with Gasteiger partial charge in [0.25, 0.3) is 0 Å². The molecule has 0 atom stereocenters. The van der Waals surface area contributed by atoms with Gasteiger partial charge in [-0.3, -0.25) is 4.98 Å². The molecule has 0 amide bonds. The Hall–Kier alpha value is -0.710. The van der Waals surface area contributed by atoms with Gasteiger partial charge in [0.1, 0.15) is 0 Å². The first kappa shape index (κ1) is 12.7. The van der Waals surface area contributed by atoms with Crippen LogP contribution in [-0.4, -0.2) is 4.98 Å². The minimum Gasteiger partial charge on any atom is -0.309 e.